The van der Waals surface area contributed by atoms with Gasteiger partial charge in [-0.25, -0.2) is 0 Å². The van der Waals surface area contributed by atoms with Crippen LogP contribution < -0.4 is 14.8 Å². The van der Waals surface area contributed by atoms with Crippen LogP contribution in [0.1, 0.15) is 32.1 Å². The number of aryl methyl sites for hydroxylation is 1. The van der Waals surface area contributed by atoms with Crippen molar-refractivity contribution < 1.29 is 23.8 Å². The number of hydrogen-bond acceptors (Lipinski definition) is 6. The number of hydrogen-bond donors (Lipinski definition) is 1. The maximum atomic E-state index is 12.8. The van der Waals surface area contributed by atoms with E-state index in [1.807, 2.05) is 29.2 Å². The van der Waals surface area contributed by atoms with Gasteiger partial charge in [0.1, 0.15) is 11.5 Å². The third kappa shape index (κ3) is 4.85. The van der Waals surface area contributed by atoms with Gasteiger partial charge in [0.25, 0.3) is 5.91 Å². The van der Waals surface area contributed by atoms with Gasteiger partial charge in [-0.15, -0.1) is 11.3 Å². The number of methoxy groups -OCH3 is 2. The van der Waals surface area contributed by atoms with Crippen molar-refractivity contribution in [2.45, 2.75) is 25.8 Å². The highest BCUT2D eigenvalue weighted by Gasteiger charge is 2.29. The number of morpholine rings is 1. The van der Waals surface area contributed by atoms with Crippen molar-refractivity contribution in [2.75, 3.05) is 40.5 Å². The van der Waals surface area contributed by atoms with Gasteiger partial charge in [-0.3, -0.25) is 9.59 Å². The van der Waals surface area contributed by atoms with Gasteiger partial charge in [-0.2, -0.15) is 0 Å². The second kappa shape index (κ2) is 9.70. The third-order valence-corrected chi connectivity index (χ3v) is 7.14. The molecule has 1 N–H and O–H groups in total. The molecule has 4 rings (SSSR count). The van der Waals surface area contributed by atoms with Crippen LogP contribution in [0.15, 0.2) is 24.3 Å². The van der Waals surface area contributed by atoms with Gasteiger partial charge in [-0.1, -0.05) is 0 Å². The number of benzene rings is 1. The maximum absolute atomic E-state index is 12.8. The van der Waals surface area contributed by atoms with Crippen LogP contribution in [0.2, 0.25) is 0 Å². The number of rotatable bonds is 6. The molecule has 31 heavy (non-hydrogen) atoms. The molecular weight excluding hydrogens is 416 g/mol. The molecule has 1 aromatic heterocycles. The Morgan fingerprint density at radius 2 is 2.00 bits per heavy atom. The van der Waals surface area contributed by atoms with E-state index < -0.39 is 0 Å². The van der Waals surface area contributed by atoms with E-state index in [9.17, 15) is 9.59 Å². The van der Waals surface area contributed by atoms with E-state index in [2.05, 4.69) is 5.32 Å². The smallest absolute Gasteiger partial charge is 0.264 e. The number of ether oxygens (including phenoxy) is 3. The van der Waals surface area contributed by atoms with E-state index in [1.165, 1.54) is 4.88 Å². The second-order valence-corrected chi connectivity index (χ2v) is 8.94. The highest BCUT2D eigenvalue weighted by molar-refractivity contribution is 7.14. The standard InChI is InChI=1S/C23H28N2O5S/c1-28-18-5-3-16(19(13-18)29-2)14-24-22(26)15-4-6-20-17(11-15)12-21(31-20)23(27)25-7-9-30-10-8-25/h3,5,12-13,15H,4,6-11,14H2,1-2H3,(H,24,26). The number of nitrogens with one attached hydrogen (secondary N) is 1. The fraction of sp³-hybridized carbons (Fsp3) is 0.478. The molecule has 0 bridgehead atoms. The summed E-state index contributed by atoms with van der Waals surface area (Å²) in [7, 11) is 3.22. The van der Waals surface area contributed by atoms with Crippen LogP contribution in [0.3, 0.4) is 0 Å². The van der Waals surface area contributed by atoms with Crippen molar-refractivity contribution in [2.24, 2.45) is 5.92 Å². The average Bonchev–Trinajstić information content (AvgIpc) is 3.25. The lowest BCUT2D eigenvalue weighted by Gasteiger charge is -2.26. The average molecular weight is 445 g/mol. The number of fused-ring (bicyclic) bond motifs is 1. The summed E-state index contributed by atoms with van der Waals surface area (Å²) in [5.41, 5.74) is 2.04. The molecule has 0 spiro atoms. The molecule has 2 heterocycles. The summed E-state index contributed by atoms with van der Waals surface area (Å²) in [6.45, 7) is 2.87. The van der Waals surface area contributed by atoms with Crippen molar-refractivity contribution in [3.8, 4) is 11.5 Å². The summed E-state index contributed by atoms with van der Waals surface area (Å²) in [6.07, 6.45) is 2.30. The van der Waals surface area contributed by atoms with Crippen LogP contribution in [0.4, 0.5) is 0 Å². The van der Waals surface area contributed by atoms with E-state index in [4.69, 9.17) is 14.2 Å². The number of thiophene rings is 1. The van der Waals surface area contributed by atoms with Crippen molar-refractivity contribution in [3.63, 3.8) is 0 Å². The fourth-order valence-electron chi connectivity index (χ4n) is 4.10. The van der Waals surface area contributed by atoms with E-state index in [-0.39, 0.29) is 17.7 Å². The highest BCUT2D eigenvalue weighted by Crippen LogP contribution is 2.33. The fourth-order valence-corrected chi connectivity index (χ4v) is 5.28. The minimum Gasteiger partial charge on any atom is -0.497 e. The zero-order valence-electron chi connectivity index (χ0n) is 17.9. The number of amides is 2. The Morgan fingerprint density at radius 1 is 1.19 bits per heavy atom. The van der Waals surface area contributed by atoms with Gasteiger partial charge in [0.15, 0.2) is 0 Å². The van der Waals surface area contributed by atoms with Gasteiger partial charge in [0.2, 0.25) is 5.91 Å². The Labute approximate surface area is 186 Å². The molecule has 2 aromatic rings. The van der Waals surface area contributed by atoms with Crippen molar-refractivity contribution in [1.82, 2.24) is 10.2 Å². The van der Waals surface area contributed by atoms with Crippen LogP contribution in [-0.4, -0.2) is 57.2 Å². The quantitative estimate of drug-likeness (QED) is 0.741. The Kier molecular flexibility index (Phi) is 6.77. The predicted molar refractivity (Wildman–Crippen MR) is 118 cm³/mol. The molecule has 8 heteroatoms. The third-order valence-electron chi connectivity index (χ3n) is 5.91. The minimum absolute atomic E-state index is 0.0378. The zero-order valence-corrected chi connectivity index (χ0v) is 18.8. The molecule has 166 valence electrons. The SMILES string of the molecule is COc1ccc(CNC(=O)C2CCc3sc(C(=O)N4CCOCC4)cc3C2)c(OC)c1. The molecule has 1 fully saturated rings. The van der Waals surface area contributed by atoms with Crippen LogP contribution in [-0.2, 0) is 28.9 Å². The van der Waals surface area contributed by atoms with Gasteiger partial charge in [-0.05, 0) is 43.0 Å². The van der Waals surface area contributed by atoms with Crippen molar-refractivity contribution in [1.29, 1.82) is 0 Å². The second-order valence-electron chi connectivity index (χ2n) is 7.80. The topological polar surface area (TPSA) is 77.1 Å². The molecule has 1 aromatic carbocycles. The summed E-state index contributed by atoms with van der Waals surface area (Å²) >= 11 is 1.58. The van der Waals surface area contributed by atoms with Gasteiger partial charge in [0, 0.05) is 42.1 Å². The largest absolute Gasteiger partial charge is 0.497 e. The Morgan fingerprint density at radius 3 is 2.74 bits per heavy atom. The van der Waals surface area contributed by atoms with E-state index >= 15 is 0 Å². The van der Waals surface area contributed by atoms with E-state index in [0.717, 1.165) is 28.8 Å². The summed E-state index contributed by atoms with van der Waals surface area (Å²) in [6, 6.07) is 7.56. The van der Waals surface area contributed by atoms with Crippen LogP contribution in [0.5, 0.6) is 11.5 Å². The normalized spacial score (nSPS) is 18.3. The highest BCUT2D eigenvalue weighted by atomic mass is 32.1. The molecular formula is C23H28N2O5S. The summed E-state index contributed by atoms with van der Waals surface area (Å²) in [5.74, 6) is 1.44. The summed E-state index contributed by atoms with van der Waals surface area (Å²) in [5, 5.41) is 3.05. The first-order valence-electron chi connectivity index (χ1n) is 10.6. The molecule has 2 aliphatic rings. The number of carbonyl (C=O) groups is 2. The molecule has 2 amide bonds. The molecule has 1 unspecified atom stereocenters. The van der Waals surface area contributed by atoms with Crippen molar-refractivity contribution >= 4 is 23.2 Å². The lowest BCUT2D eigenvalue weighted by molar-refractivity contribution is -0.125. The van der Waals surface area contributed by atoms with Gasteiger partial charge in [0.05, 0.1) is 32.3 Å². The first kappa shape index (κ1) is 21.6. The van der Waals surface area contributed by atoms with E-state index in [1.54, 1.807) is 25.6 Å². The van der Waals surface area contributed by atoms with Gasteiger partial charge < -0.3 is 24.4 Å². The molecule has 0 radical (unpaired) electrons. The lowest BCUT2D eigenvalue weighted by atomic mass is 9.87. The van der Waals surface area contributed by atoms with Gasteiger partial charge >= 0.3 is 0 Å². The maximum Gasteiger partial charge on any atom is 0.264 e. The first-order chi connectivity index (χ1) is 15.1. The summed E-state index contributed by atoms with van der Waals surface area (Å²) in [4.78, 5) is 29.5. The monoisotopic (exact) mass is 444 g/mol. The molecule has 1 atom stereocenters. The minimum atomic E-state index is -0.0855. The molecule has 1 aliphatic heterocycles. The van der Waals surface area contributed by atoms with Crippen LogP contribution in [0.25, 0.3) is 0 Å². The Bertz CT molecular complexity index is 951. The molecule has 1 saturated heterocycles. The van der Waals surface area contributed by atoms with Crippen molar-refractivity contribution in [3.05, 3.63) is 45.1 Å². The molecule has 0 saturated carbocycles. The Hall–Kier alpha value is -2.58. The van der Waals surface area contributed by atoms with E-state index in [0.29, 0.717) is 50.8 Å². The first-order valence-corrected chi connectivity index (χ1v) is 11.4. The molecule has 7 nitrogen and oxygen atoms in total. The number of nitrogens with zero attached hydrogens (tertiary/aromatic N) is 1. The Balaban J connectivity index is 1.37. The molecule has 1 aliphatic carbocycles. The lowest BCUT2D eigenvalue weighted by Crippen LogP contribution is -2.40. The number of carbonyl (C=O) groups excluding carboxylic acids is 2. The zero-order chi connectivity index (χ0) is 21.8. The van der Waals surface area contributed by atoms with Crippen LogP contribution in [0, 0.1) is 5.92 Å². The summed E-state index contributed by atoms with van der Waals surface area (Å²) < 4.78 is 16.0. The van der Waals surface area contributed by atoms with Crippen LogP contribution >= 0.6 is 11.3 Å². The predicted octanol–water partition coefficient (Wildman–Crippen LogP) is 2.66.